The minimum atomic E-state index is -0.374. The van der Waals surface area contributed by atoms with Crippen molar-refractivity contribution in [3.05, 3.63) is 78.4 Å². The van der Waals surface area contributed by atoms with E-state index in [0.29, 0.717) is 63.4 Å². The maximum Gasteiger partial charge on any atom is 0.263 e. The Hall–Kier alpha value is -4.20. The molecule has 1 aromatic heterocycles. The van der Waals surface area contributed by atoms with Gasteiger partial charge in [0.1, 0.15) is 0 Å². The molecule has 0 bridgehead atoms. The van der Waals surface area contributed by atoms with E-state index >= 15 is 0 Å². The first kappa shape index (κ1) is 42.9. The first-order chi connectivity index (χ1) is 27.0. The minimum Gasteiger partial charge on any atom is -0.494 e. The van der Waals surface area contributed by atoms with Crippen LogP contribution in [0.25, 0.3) is 32.7 Å². The van der Waals surface area contributed by atoms with Gasteiger partial charge in [-0.05, 0) is 54.5 Å². The highest BCUT2D eigenvalue weighted by Crippen LogP contribution is 2.41. The number of aromatic hydroxyl groups is 1. The number of pyridine rings is 2. The molecule has 0 spiro atoms. The summed E-state index contributed by atoms with van der Waals surface area (Å²) in [5.41, 5.74) is 2.18. The van der Waals surface area contributed by atoms with Crippen molar-refractivity contribution in [1.29, 1.82) is 0 Å². The summed E-state index contributed by atoms with van der Waals surface area (Å²) in [6.45, 7) is 14.3. The van der Waals surface area contributed by atoms with E-state index in [1.807, 2.05) is 18.2 Å². The highest BCUT2D eigenvalue weighted by molar-refractivity contribution is 6.19. The quantitative estimate of drug-likeness (QED) is 0.0509. The molecule has 0 saturated carbocycles. The minimum absolute atomic E-state index is 0.0269. The number of hydrogen-bond acceptors (Lipinski definition) is 6. The smallest absolute Gasteiger partial charge is 0.263 e. The molecule has 1 aliphatic carbocycles. The fourth-order valence-electron chi connectivity index (χ4n) is 8.19. The molecule has 0 saturated heterocycles. The first-order valence-electron chi connectivity index (χ1n) is 22.0. The average Bonchev–Trinajstić information content (AvgIpc) is 3.17. The van der Waals surface area contributed by atoms with Crippen molar-refractivity contribution in [2.24, 2.45) is 4.99 Å². The van der Waals surface area contributed by atoms with Gasteiger partial charge in [-0.3, -0.25) is 28.5 Å². The Morgan fingerprint density at radius 2 is 1.12 bits per heavy atom. The van der Waals surface area contributed by atoms with Crippen LogP contribution in [0.4, 0.5) is 11.4 Å². The number of hydrogen-bond donors (Lipinski definition) is 2. The van der Waals surface area contributed by atoms with E-state index < -0.39 is 0 Å². The van der Waals surface area contributed by atoms with E-state index in [-0.39, 0.29) is 28.0 Å². The van der Waals surface area contributed by atoms with Crippen molar-refractivity contribution >= 4 is 32.9 Å². The monoisotopic (exact) mass is 765 g/mol. The Kier molecular flexibility index (Phi) is 15.6. The van der Waals surface area contributed by atoms with Crippen LogP contribution in [0.3, 0.4) is 0 Å². The molecule has 8 nitrogen and oxygen atoms in total. The molecule has 0 radical (unpaired) electrons. The van der Waals surface area contributed by atoms with Crippen LogP contribution in [-0.2, 0) is 18.5 Å². The number of nitrogens with one attached hydrogen (secondary N) is 1. The fourth-order valence-corrected chi connectivity index (χ4v) is 8.19. The molecule has 0 fully saturated rings. The lowest BCUT2D eigenvalue weighted by atomic mass is 9.87. The zero-order valence-electron chi connectivity index (χ0n) is 35.3. The number of nitrogens with zero attached hydrogens (tertiary/aromatic N) is 3. The highest BCUT2D eigenvalue weighted by Gasteiger charge is 2.29. The molecular formula is C48H68N4O4. The summed E-state index contributed by atoms with van der Waals surface area (Å²) in [6.07, 6.45) is 19.2. The molecule has 304 valence electrons. The predicted octanol–water partition coefficient (Wildman–Crippen LogP) is 11.4. The Labute approximate surface area is 334 Å². The van der Waals surface area contributed by atoms with Gasteiger partial charge in [-0.2, -0.15) is 0 Å². The molecule has 3 aromatic rings. The van der Waals surface area contributed by atoms with Gasteiger partial charge in [0.25, 0.3) is 16.7 Å². The number of anilines is 2. The summed E-state index contributed by atoms with van der Waals surface area (Å²) in [4.78, 5) is 48.8. The molecular weight excluding hydrogens is 697 g/mol. The summed E-state index contributed by atoms with van der Waals surface area (Å²) in [5, 5.41) is 17.6. The molecule has 0 unspecified atom stereocenters. The Bertz CT molecular complexity index is 2210. The molecule has 2 aromatic carbocycles. The fraction of sp³-hybridized carbons (Fsp3) is 0.583. The van der Waals surface area contributed by atoms with Crippen LogP contribution in [0.5, 0.6) is 5.88 Å². The summed E-state index contributed by atoms with van der Waals surface area (Å²) in [6, 6.07) is 11.7. The molecule has 1 aliphatic heterocycles. The van der Waals surface area contributed by atoms with Gasteiger partial charge < -0.3 is 10.4 Å². The van der Waals surface area contributed by atoms with Gasteiger partial charge in [0.2, 0.25) is 5.88 Å². The van der Waals surface area contributed by atoms with Crippen molar-refractivity contribution in [2.75, 3.05) is 11.9 Å². The van der Waals surface area contributed by atoms with Gasteiger partial charge in [-0.1, -0.05) is 150 Å². The van der Waals surface area contributed by atoms with Gasteiger partial charge in [-0.25, -0.2) is 0 Å². The average molecular weight is 765 g/mol. The zero-order valence-corrected chi connectivity index (χ0v) is 35.3. The van der Waals surface area contributed by atoms with Crippen LogP contribution in [-0.4, -0.2) is 20.8 Å². The molecule has 2 heterocycles. The van der Waals surface area contributed by atoms with Crippen LogP contribution in [0.2, 0.25) is 0 Å². The van der Waals surface area contributed by atoms with Crippen molar-refractivity contribution in [2.45, 2.75) is 176 Å². The number of rotatable bonds is 23. The lowest BCUT2D eigenvalue weighted by Crippen LogP contribution is -2.37. The van der Waals surface area contributed by atoms with Crippen molar-refractivity contribution < 1.29 is 5.11 Å². The lowest BCUT2D eigenvalue weighted by molar-refractivity contribution is 0.406. The molecule has 56 heavy (non-hydrogen) atoms. The van der Waals surface area contributed by atoms with E-state index in [1.54, 1.807) is 6.07 Å². The molecule has 5 rings (SSSR count). The second-order valence-corrected chi connectivity index (χ2v) is 17.1. The summed E-state index contributed by atoms with van der Waals surface area (Å²) in [5.74, 6) is -0.137. The second kappa shape index (κ2) is 20.3. The summed E-state index contributed by atoms with van der Waals surface area (Å²) >= 11 is 0. The predicted molar refractivity (Wildman–Crippen MR) is 236 cm³/mol. The maximum atomic E-state index is 14.7. The molecule has 8 heteroatoms. The van der Waals surface area contributed by atoms with Crippen LogP contribution in [0, 0.1) is 0 Å². The van der Waals surface area contributed by atoms with Gasteiger partial charge >= 0.3 is 0 Å². The Balaban J connectivity index is 1.73. The first-order valence-corrected chi connectivity index (χ1v) is 22.0. The maximum absolute atomic E-state index is 14.7. The van der Waals surface area contributed by atoms with E-state index in [9.17, 15) is 19.5 Å². The van der Waals surface area contributed by atoms with Gasteiger partial charge in [0, 0.05) is 41.7 Å². The van der Waals surface area contributed by atoms with Crippen molar-refractivity contribution in [3.8, 4) is 17.0 Å². The third kappa shape index (κ3) is 10.0. The summed E-state index contributed by atoms with van der Waals surface area (Å²) < 4.78 is 2.88. The van der Waals surface area contributed by atoms with E-state index in [4.69, 9.17) is 4.99 Å². The zero-order chi connectivity index (χ0) is 40.2. The third-order valence-electron chi connectivity index (χ3n) is 11.6. The Morgan fingerprint density at radius 1 is 0.607 bits per heavy atom. The third-order valence-corrected chi connectivity index (χ3v) is 11.6. The highest BCUT2D eigenvalue weighted by atomic mass is 16.3. The SMILES string of the molecule is CCCCCCCCN=c1cc2c(=O)n(CCCCCCCC)c(=O)c3c(Nc4ccc(C(C)(C)C)cc4)cc4c(O)n(CCCCCCCC)c(=O)c1c4c3-2. The molecule has 0 amide bonds. The number of aromatic nitrogens is 2. The largest absolute Gasteiger partial charge is 0.494 e. The topological polar surface area (TPSA) is 106 Å². The van der Waals surface area contributed by atoms with E-state index in [1.165, 1.54) is 46.8 Å². The van der Waals surface area contributed by atoms with Crippen LogP contribution >= 0.6 is 0 Å². The van der Waals surface area contributed by atoms with Crippen LogP contribution in [0.1, 0.15) is 163 Å². The van der Waals surface area contributed by atoms with Gasteiger partial charge in [-0.15, -0.1) is 0 Å². The van der Waals surface area contributed by atoms with Crippen LogP contribution in [0.15, 0.2) is 55.8 Å². The summed E-state index contributed by atoms with van der Waals surface area (Å²) in [7, 11) is 0. The standard InChI is InChI=1S/C48H68N4O4/c1-7-10-13-16-19-22-29-49-38-32-36-41-40-37(45(54)51(46(55)42(38)40)30-23-20-17-14-11-8-2)33-39(50-35-27-25-34(26-28-35)48(4,5)6)43(41)47(56)52(44(36)53)31-24-21-18-15-12-9-3/h25-28,32-33,50,54H,7-24,29-31H2,1-6H3. The van der Waals surface area contributed by atoms with Gasteiger partial charge in [0.15, 0.2) is 0 Å². The van der Waals surface area contributed by atoms with Crippen LogP contribution < -0.4 is 27.4 Å². The number of unbranched alkanes of at least 4 members (excludes halogenated alkanes) is 15. The van der Waals surface area contributed by atoms with Crippen molar-refractivity contribution in [1.82, 2.24) is 9.13 Å². The van der Waals surface area contributed by atoms with E-state index in [0.717, 1.165) is 89.2 Å². The number of benzene rings is 3. The Morgan fingerprint density at radius 3 is 1.70 bits per heavy atom. The molecule has 2 aliphatic rings. The molecule has 0 atom stereocenters. The van der Waals surface area contributed by atoms with E-state index in [2.05, 4.69) is 59.0 Å². The normalized spacial score (nSPS) is 12.6. The molecule has 2 N–H and O–H groups in total. The van der Waals surface area contributed by atoms with Gasteiger partial charge in [0.05, 0.1) is 27.4 Å². The van der Waals surface area contributed by atoms with Crippen molar-refractivity contribution in [3.63, 3.8) is 0 Å². The second-order valence-electron chi connectivity index (χ2n) is 17.1. The lowest BCUT2D eigenvalue weighted by Gasteiger charge is -2.23.